The van der Waals surface area contributed by atoms with Crippen LogP contribution >= 0.6 is 11.8 Å². The third-order valence-electron chi connectivity index (χ3n) is 2.90. The molecule has 0 bridgehead atoms. The standard InChI is InChI=1S/C13H20N6S/c1-5-15-11-16-12(19-7-6-14-8-19)18-13(17-11)20-10(4)9(2)3/h6-10H,5H2,1-4H3,(H,15,16,17,18). The van der Waals surface area contributed by atoms with Crippen LogP contribution in [0.25, 0.3) is 5.95 Å². The van der Waals surface area contributed by atoms with Crippen molar-refractivity contribution < 1.29 is 0 Å². The van der Waals surface area contributed by atoms with Gasteiger partial charge in [-0.25, -0.2) is 4.98 Å². The quantitative estimate of drug-likeness (QED) is 0.825. The Morgan fingerprint density at radius 1 is 1.25 bits per heavy atom. The summed E-state index contributed by atoms with van der Waals surface area (Å²) in [6.45, 7) is 9.37. The highest BCUT2D eigenvalue weighted by Crippen LogP contribution is 2.25. The average molecular weight is 292 g/mol. The summed E-state index contributed by atoms with van der Waals surface area (Å²) in [6, 6.07) is 0. The second-order valence-electron chi connectivity index (χ2n) is 4.81. The molecule has 0 spiro atoms. The maximum atomic E-state index is 4.50. The number of hydrogen-bond acceptors (Lipinski definition) is 6. The zero-order valence-corrected chi connectivity index (χ0v) is 13.1. The van der Waals surface area contributed by atoms with Crippen LogP contribution in [0.3, 0.4) is 0 Å². The van der Waals surface area contributed by atoms with Gasteiger partial charge in [-0.3, -0.25) is 4.57 Å². The van der Waals surface area contributed by atoms with Crippen molar-refractivity contribution in [2.75, 3.05) is 11.9 Å². The fourth-order valence-corrected chi connectivity index (χ4v) is 2.31. The molecule has 2 rings (SSSR count). The monoisotopic (exact) mass is 292 g/mol. The number of thioether (sulfide) groups is 1. The maximum absolute atomic E-state index is 4.50. The summed E-state index contributed by atoms with van der Waals surface area (Å²) in [7, 11) is 0. The Hall–Kier alpha value is -1.63. The van der Waals surface area contributed by atoms with E-state index < -0.39 is 0 Å². The Morgan fingerprint density at radius 3 is 2.65 bits per heavy atom. The van der Waals surface area contributed by atoms with E-state index >= 15 is 0 Å². The van der Waals surface area contributed by atoms with Crippen LogP contribution in [0.5, 0.6) is 0 Å². The molecule has 6 nitrogen and oxygen atoms in total. The number of aromatic nitrogens is 5. The third-order valence-corrected chi connectivity index (χ3v) is 4.21. The first kappa shape index (κ1) is 14.8. The van der Waals surface area contributed by atoms with Crippen molar-refractivity contribution in [1.29, 1.82) is 0 Å². The summed E-state index contributed by atoms with van der Waals surface area (Å²) in [5.74, 6) is 1.76. The van der Waals surface area contributed by atoms with Gasteiger partial charge in [0.1, 0.15) is 6.33 Å². The first-order valence-corrected chi connectivity index (χ1v) is 7.63. The molecule has 0 saturated carbocycles. The summed E-state index contributed by atoms with van der Waals surface area (Å²) in [6.07, 6.45) is 5.22. The van der Waals surface area contributed by atoms with Gasteiger partial charge in [-0.1, -0.05) is 32.5 Å². The van der Waals surface area contributed by atoms with E-state index in [-0.39, 0.29) is 0 Å². The predicted molar refractivity (Wildman–Crippen MR) is 81.3 cm³/mol. The average Bonchev–Trinajstić information content (AvgIpc) is 2.92. The van der Waals surface area contributed by atoms with E-state index in [1.807, 2.05) is 13.1 Å². The molecule has 0 aliphatic rings. The van der Waals surface area contributed by atoms with Gasteiger partial charge in [0, 0.05) is 24.2 Å². The minimum Gasteiger partial charge on any atom is -0.354 e. The number of imidazole rings is 1. The van der Waals surface area contributed by atoms with E-state index in [0.717, 1.165) is 11.7 Å². The number of hydrogen-bond donors (Lipinski definition) is 1. The summed E-state index contributed by atoms with van der Waals surface area (Å²) in [5.41, 5.74) is 0. The Balaban J connectivity index is 2.31. The first-order chi connectivity index (χ1) is 9.60. The molecular weight excluding hydrogens is 272 g/mol. The van der Waals surface area contributed by atoms with Crippen molar-refractivity contribution in [3.8, 4) is 5.95 Å². The smallest absolute Gasteiger partial charge is 0.240 e. The van der Waals surface area contributed by atoms with Crippen LogP contribution in [0.1, 0.15) is 27.7 Å². The fourth-order valence-electron chi connectivity index (χ4n) is 1.43. The summed E-state index contributed by atoms with van der Waals surface area (Å²) in [4.78, 5) is 17.4. The lowest BCUT2D eigenvalue weighted by Gasteiger charge is -2.14. The summed E-state index contributed by atoms with van der Waals surface area (Å²) >= 11 is 1.67. The first-order valence-electron chi connectivity index (χ1n) is 6.75. The zero-order chi connectivity index (χ0) is 14.5. The number of anilines is 1. The van der Waals surface area contributed by atoms with E-state index in [9.17, 15) is 0 Å². The molecule has 2 aromatic heterocycles. The Kier molecular flexibility index (Phi) is 4.94. The lowest BCUT2D eigenvalue weighted by molar-refractivity contribution is 0.639. The Labute approximate surface area is 123 Å². The van der Waals surface area contributed by atoms with Crippen molar-refractivity contribution in [1.82, 2.24) is 24.5 Å². The van der Waals surface area contributed by atoms with Gasteiger partial charge in [0.05, 0.1) is 0 Å². The molecule has 1 N–H and O–H groups in total. The molecule has 108 valence electrons. The van der Waals surface area contributed by atoms with Crippen LogP contribution in [0.2, 0.25) is 0 Å². The molecule has 0 aliphatic heterocycles. The second-order valence-corrected chi connectivity index (χ2v) is 6.15. The molecule has 2 aromatic rings. The lowest BCUT2D eigenvalue weighted by Crippen LogP contribution is -2.11. The number of nitrogens with one attached hydrogen (secondary N) is 1. The molecular formula is C13H20N6S. The van der Waals surface area contributed by atoms with Crippen molar-refractivity contribution in [2.24, 2.45) is 5.92 Å². The van der Waals surface area contributed by atoms with E-state index in [0.29, 0.717) is 23.1 Å². The highest BCUT2D eigenvalue weighted by Gasteiger charge is 2.14. The summed E-state index contributed by atoms with van der Waals surface area (Å²) < 4.78 is 1.78. The molecule has 1 unspecified atom stereocenters. The van der Waals surface area contributed by atoms with E-state index in [1.54, 1.807) is 28.9 Å². The van der Waals surface area contributed by atoms with Gasteiger partial charge in [-0.15, -0.1) is 0 Å². The number of nitrogens with zero attached hydrogens (tertiary/aromatic N) is 5. The molecule has 0 aromatic carbocycles. The minimum absolute atomic E-state index is 0.447. The van der Waals surface area contributed by atoms with Crippen LogP contribution in [-0.2, 0) is 0 Å². The van der Waals surface area contributed by atoms with Crippen LogP contribution < -0.4 is 5.32 Å². The molecule has 0 fully saturated rings. The molecule has 0 amide bonds. The molecule has 0 aliphatic carbocycles. The van der Waals surface area contributed by atoms with Gasteiger partial charge in [0.2, 0.25) is 11.9 Å². The van der Waals surface area contributed by atoms with Crippen molar-refractivity contribution >= 4 is 17.7 Å². The largest absolute Gasteiger partial charge is 0.354 e. The lowest BCUT2D eigenvalue weighted by atomic mass is 10.2. The summed E-state index contributed by atoms with van der Waals surface area (Å²) in [5, 5.41) is 4.33. The predicted octanol–water partition coefficient (Wildman–Crippen LogP) is 2.63. The van der Waals surface area contributed by atoms with Gasteiger partial charge >= 0.3 is 0 Å². The van der Waals surface area contributed by atoms with E-state index in [4.69, 9.17) is 0 Å². The van der Waals surface area contributed by atoms with Gasteiger partial charge < -0.3 is 5.32 Å². The minimum atomic E-state index is 0.447. The Morgan fingerprint density at radius 2 is 2.05 bits per heavy atom. The van der Waals surface area contributed by atoms with E-state index in [2.05, 4.69) is 46.0 Å². The molecule has 1 atom stereocenters. The number of rotatable bonds is 6. The molecule has 20 heavy (non-hydrogen) atoms. The van der Waals surface area contributed by atoms with Crippen molar-refractivity contribution in [3.05, 3.63) is 18.7 Å². The molecule has 2 heterocycles. The van der Waals surface area contributed by atoms with Crippen LogP contribution in [-0.4, -0.2) is 36.3 Å². The maximum Gasteiger partial charge on any atom is 0.240 e. The SMILES string of the molecule is CCNc1nc(SC(C)C(C)C)nc(-n2ccnc2)n1. The van der Waals surface area contributed by atoms with Crippen LogP contribution in [0.4, 0.5) is 5.95 Å². The normalized spacial score (nSPS) is 12.7. The molecule has 0 saturated heterocycles. The van der Waals surface area contributed by atoms with Crippen LogP contribution in [0, 0.1) is 5.92 Å². The van der Waals surface area contributed by atoms with Gasteiger partial charge in [0.25, 0.3) is 0 Å². The molecule has 0 radical (unpaired) electrons. The van der Waals surface area contributed by atoms with E-state index in [1.165, 1.54) is 0 Å². The Bertz CT molecular complexity index is 540. The third kappa shape index (κ3) is 3.69. The van der Waals surface area contributed by atoms with Crippen molar-refractivity contribution in [3.63, 3.8) is 0 Å². The van der Waals surface area contributed by atoms with Gasteiger partial charge in [-0.2, -0.15) is 15.0 Å². The topological polar surface area (TPSA) is 68.5 Å². The zero-order valence-electron chi connectivity index (χ0n) is 12.2. The highest BCUT2D eigenvalue weighted by molar-refractivity contribution is 7.99. The molecule has 7 heteroatoms. The van der Waals surface area contributed by atoms with Gasteiger partial charge in [-0.05, 0) is 12.8 Å². The highest BCUT2D eigenvalue weighted by atomic mass is 32.2. The van der Waals surface area contributed by atoms with Crippen molar-refractivity contribution in [2.45, 2.75) is 38.1 Å². The van der Waals surface area contributed by atoms with Crippen LogP contribution in [0.15, 0.2) is 23.9 Å². The fraction of sp³-hybridized carbons (Fsp3) is 0.538. The second kappa shape index (κ2) is 6.69. The van der Waals surface area contributed by atoms with Gasteiger partial charge in [0.15, 0.2) is 5.16 Å².